The predicted octanol–water partition coefficient (Wildman–Crippen LogP) is 3.99. The number of anilines is 1. The molecule has 0 atom stereocenters. The highest BCUT2D eigenvalue weighted by Crippen LogP contribution is 2.20. The fourth-order valence-electron chi connectivity index (χ4n) is 1.99. The van der Waals surface area contributed by atoms with E-state index in [9.17, 15) is 4.79 Å². The van der Waals surface area contributed by atoms with Gasteiger partial charge in [-0.3, -0.25) is 4.79 Å². The van der Waals surface area contributed by atoms with Crippen LogP contribution in [0.2, 0.25) is 5.15 Å². The average molecular weight is 304 g/mol. The summed E-state index contributed by atoms with van der Waals surface area (Å²) in [5.41, 5.74) is 2.71. The number of nitrogens with zero attached hydrogens (tertiary/aromatic N) is 2. The summed E-state index contributed by atoms with van der Waals surface area (Å²) in [6, 6.07) is 8.36. The first-order chi connectivity index (χ1) is 10.0. The summed E-state index contributed by atoms with van der Waals surface area (Å²) in [5, 5.41) is 3.32. The van der Waals surface area contributed by atoms with Crippen LogP contribution in [0.4, 0.5) is 5.82 Å². The number of rotatable bonds is 5. The number of carbonyl (C=O) groups excluding carboxylic acids is 1. The minimum Gasteiger partial charge on any atom is -0.365 e. The standard InChI is InChI=1S/C16H18ClN3O/c1-10(2)13-6-4-12(5-7-13)8-18-16-14(9-21)15(17)19-11(3)20-16/h4-7,9-10H,8H2,1-3H3,(H,18,19,20). The molecule has 110 valence electrons. The van der Waals surface area contributed by atoms with Crippen LogP contribution in [0.3, 0.4) is 0 Å². The molecule has 0 bridgehead atoms. The molecule has 2 aromatic rings. The number of hydrogen-bond acceptors (Lipinski definition) is 4. The molecule has 4 nitrogen and oxygen atoms in total. The van der Waals surface area contributed by atoms with E-state index in [1.165, 1.54) is 5.56 Å². The highest BCUT2D eigenvalue weighted by atomic mass is 35.5. The number of hydrogen-bond donors (Lipinski definition) is 1. The van der Waals surface area contributed by atoms with Crippen molar-refractivity contribution < 1.29 is 4.79 Å². The second-order valence-electron chi connectivity index (χ2n) is 5.19. The third kappa shape index (κ3) is 3.79. The zero-order chi connectivity index (χ0) is 15.4. The summed E-state index contributed by atoms with van der Waals surface area (Å²) < 4.78 is 0. The van der Waals surface area contributed by atoms with Crippen molar-refractivity contribution in [2.45, 2.75) is 33.2 Å². The Kier molecular flexibility index (Phi) is 4.91. The molecule has 1 aromatic heterocycles. The fourth-order valence-corrected chi connectivity index (χ4v) is 2.25. The minimum absolute atomic E-state index is 0.176. The Morgan fingerprint density at radius 1 is 1.24 bits per heavy atom. The van der Waals surface area contributed by atoms with E-state index < -0.39 is 0 Å². The van der Waals surface area contributed by atoms with Crippen LogP contribution in [0.25, 0.3) is 0 Å². The molecule has 1 heterocycles. The molecular formula is C16H18ClN3O. The van der Waals surface area contributed by atoms with Gasteiger partial charge in [-0.1, -0.05) is 49.7 Å². The normalized spacial score (nSPS) is 10.7. The molecule has 0 amide bonds. The molecule has 0 fully saturated rings. The van der Waals surface area contributed by atoms with E-state index in [0.29, 0.717) is 36.0 Å². The van der Waals surface area contributed by atoms with Gasteiger partial charge in [0.1, 0.15) is 16.8 Å². The van der Waals surface area contributed by atoms with Crippen molar-refractivity contribution in [1.82, 2.24) is 9.97 Å². The van der Waals surface area contributed by atoms with Gasteiger partial charge in [0.25, 0.3) is 0 Å². The Morgan fingerprint density at radius 2 is 1.90 bits per heavy atom. The van der Waals surface area contributed by atoms with Gasteiger partial charge in [-0.2, -0.15) is 0 Å². The van der Waals surface area contributed by atoms with E-state index in [1.54, 1.807) is 6.92 Å². The molecule has 2 rings (SSSR count). The summed E-state index contributed by atoms with van der Waals surface area (Å²) in [6.07, 6.45) is 0.673. The number of carbonyl (C=O) groups is 1. The van der Waals surface area contributed by atoms with Gasteiger partial charge in [0.15, 0.2) is 6.29 Å². The SMILES string of the molecule is Cc1nc(Cl)c(C=O)c(NCc2ccc(C(C)C)cc2)n1. The lowest BCUT2D eigenvalue weighted by Gasteiger charge is -2.11. The number of aldehydes is 1. The summed E-state index contributed by atoms with van der Waals surface area (Å²) >= 11 is 5.95. The molecule has 5 heteroatoms. The Balaban J connectivity index is 2.14. The fraction of sp³-hybridized carbons (Fsp3) is 0.312. The van der Waals surface area contributed by atoms with Crippen molar-refractivity contribution in [2.75, 3.05) is 5.32 Å². The third-order valence-corrected chi connectivity index (χ3v) is 3.52. The van der Waals surface area contributed by atoms with Crippen molar-refractivity contribution in [3.05, 3.63) is 51.9 Å². The van der Waals surface area contributed by atoms with Gasteiger partial charge >= 0.3 is 0 Å². The van der Waals surface area contributed by atoms with E-state index in [1.807, 2.05) is 0 Å². The number of halogens is 1. The lowest BCUT2D eigenvalue weighted by molar-refractivity contribution is 0.112. The van der Waals surface area contributed by atoms with Gasteiger partial charge in [0.05, 0.1) is 5.56 Å². The average Bonchev–Trinajstić information content (AvgIpc) is 2.45. The molecule has 0 unspecified atom stereocenters. The van der Waals surface area contributed by atoms with Gasteiger partial charge in [-0.05, 0) is 24.0 Å². The highest BCUT2D eigenvalue weighted by molar-refractivity contribution is 6.32. The van der Waals surface area contributed by atoms with Crippen LogP contribution >= 0.6 is 11.6 Å². The maximum atomic E-state index is 11.1. The van der Waals surface area contributed by atoms with Crippen LogP contribution in [-0.4, -0.2) is 16.3 Å². The lowest BCUT2D eigenvalue weighted by atomic mass is 10.0. The van der Waals surface area contributed by atoms with Crippen LogP contribution in [0.1, 0.15) is 47.1 Å². The number of aryl methyl sites for hydroxylation is 1. The monoisotopic (exact) mass is 303 g/mol. The summed E-state index contributed by atoms with van der Waals surface area (Å²) in [6.45, 7) is 6.64. The van der Waals surface area contributed by atoms with Crippen LogP contribution in [-0.2, 0) is 6.54 Å². The van der Waals surface area contributed by atoms with Crippen molar-refractivity contribution >= 4 is 23.7 Å². The Bertz CT molecular complexity index is 639. The molecule has 0 radical (unpaired) electrons. The summed E-state index contributed by atoms with van der Waals surface area (Å²) in [5.74, 6) is 1.51. The summed E-state index contributed by atoms with van der Waals surface area (Å²) in [4.78, 5) is 19.3. The van der Waals surface area contributed by atoms with Crippen LogP contribution in [0.15, 0.2) is 24.3 Å². The molecule has 0 saturated carbocycles. The topological polar surface area (TPSA) is 54.9 Å². The lowest BCUT2D eigenvalue weighted by Crippen LogP contribution is -2.07. The van der Waals surface area contributed by atoms with E-state index in [-0.39, 0.29) is 5.15 Å². The Labute approximate surface area is 129 Å². The number of benzene rings is 1. The van der Waals surface area contributed by atoms with Gasteiger partial charge in [-0.25, -0.2) is 9.97 Å². The first-order valence-electron chi connectivity index (χ1n) is 6.83. The van der Waals surface area contributed by atoms with Crippen LogP contribution < -0.4 is 5.32 Å². The first kappa shape index (κ1) is 15.4. The molecular weight excluding hydrogens is 286 g/mol. The highest BCUT2D eigenvalue weighted by Gasteiger charge is 2.10. The van der Waals surface area contributed by atoms with Crippen LogP contribution in [0, 0.1) is 6.92 Å². The van der Waals surface area contributed by atoms with Crippen molar-refractivity contribution in [3.63, 3.8) is 0 Å². The number of aromatic nitrogens is 2. The second kappa shape index (κ2) is 6.68. The van der Waals surface area contributed by atoms with Crippen LogP contribution in [0.5, 0.6) is 0 Å². The third-order valence-electron chi connectivity index (χ3n) is 3.24. The molecule has 1 aromatic carbocycles. The molecule has 0 saturated heterocycles. The maximum absolute atomic E-state index is 11.1. The molecule has 21 heavy (non-hydrogen) atoms. The number of nitrogens with one attached hydrogen (secondary N) is 1. The molecule has 0 aliphatic carbocycles. The van der Waals surface area contributed by atoms with E-state index in [0.717, 1.165) is 5.56 Å². The van der Waals surface area contributed by atoms with Gasteiger partial charge in [0.2, 0.25) is 0 Å². The maximum Gasteiger partial charge on any atom is 0.156 e. The van der Waals surface area contributed by atoms with Gasteiger partial charge < -0.3 is 5.32 Å². The summed E-state index contributed by atoms with van der Waals surface area (Å²) in [7, 11) is 0. The minimum atomic E-state index is 0.176. The van der Waals surface area contributed by atoms with Crippen molar-refractivity contribution in [3.8, 4) is 0 Å². The zero-order valence-corrected chi connectivity index (χ0v) is 13.1. The Morgan fingerprint density at radius 3 is 2.48 bits per heavy atom. The van der Waals surface area contributed by atoms with E-state index in [2.05, 4.69) is 53.4 Å². The predicted molar refractivity (Wildman–Crippen MR) is 85.0 cm³/mol. The largest absolute Gasteiger partial charge is 0.365 e. The van der Waals surface area contributed by atoms with Gasteiger partial charge in [0, 0.05) is 6.54 Å². The van der Waals surface area contributed by atoms with Crippen molar-refractivity contribution in [1.29, 1.82) is 0 Å². The molecule has 0 aliphatic heterocycles. The second-order valence-corrected chi connectivity index (χ2v) is 5.55. The first-order valence-corrected chi connectivity index (χ1v) is 7.21. The van der Waals surface area contributed by atoms with Gasteiger partial charge in [-0.15, -0.1) is 0 Å². The molecule has 0 aliphatic rings. The quantitative estimate of drug-likeness (QED) is 0.670. The zero-order valence-electron chi connectivity index (χ0n) is 12.4. The smallest absolute Gasteiger partial charge is 0.156 e. The van der Waals surface area contributed by atoms with E-state index in [4.69, 9.17) is 11.6 Å². The Hall–Kier alpha value is -1.94. The molecule has 1 N–H and O–H groups in total. The van der Waals surface area contributed by atoms with Crippen molar-refractivity contribution in [2.24, 2.45) is 0 Å². The van der Waals surface area contributed by atoms with E-state index >= 15 is 0 Å². The molecule has 0 spiro atoms.